The number of fused-ring (bicyclic) bond motifs is 1. The number of benzene rings is 1. The fourth-order valence-corrected chi connectivity index (χ4v) is 2.41. The van der Waals surface area contributed by atoms with Crippen LogP contribution in [-0.4, -0.2) is 29.4 Å². The molecule has 5 heteroatoms. The molecular weight excluding hydrogens is 248 g/mol. The van der Waals surface area contributed by atoms with Gasteiger partial charge in [-0.15, -0.1) is 0 Å². The normalized spacial score (nSPS) is 21.3. The van der Waals surface area contributed by atoms with Crippen molar-refractivity contribution in [3.63, 3.8) is 0 Å². The first-order valence-electron chi connectivity index (χ1n) is 6.44. The number of carboxylic acids is 1. The Labute approximate surface area is 110 Å². The van der Waals surface area contributed by atoms with Gasteiger partial charge in [-0.1, -0.05) is 6.07 Å². The summed E-state index contributed by atoms with van der Waals surface area (Å²) < 4.78 is 11.1. The molecule has 1 unspecified atom stereocenters. The largest absolute Gasteiger partial charge is 0.490 e. The standard InChI is InChI=1S/C14H16O5/c15-12(14(4-5-14)13(16)17)9-2-3-10-11(8-9)19-7-1-6-18-10/h2-3,8,12,15H,1,4-7H2,(H,16,17). The molecular formula is C14H16O5. The second-order valence-electron chi connectivity index (χ2n) is 5.12. The second-order valence-corrected chi connectivity index (χ2v) is 5.12. The van der Waals surface area contributed by atoms with Crippen LogP contribution < -0.4 is 9.47 Å². The van der Waals surface area contributed by atoms with Crippen LogP contribution in [0.1, 0.15) is 30.9 Å². The van der Waals surface area contributed by atoms with Crippen LogP contribution in [0, 0.1) is 5.41 Å². The third-order valence-electron chi connectivity index (χ3n) is 3.83. The number of aliphatic carboxylic acids is 1. The van der Waals surface area contributed by atoms with E-state index in [1.54, 1.807) is 18.2 Å². The third-order valence-corrected chi connectivity index (χ3v) is 3.83. The average Bonchev–Trinajstić information content (AvgIpc) is 3.21. The minimum Gasteiger partial charge on any atom is -0.490 e. The van der Waals surface area contributed by atoms with Crippen molar-refractivity contribution in [2.75, 3.05) is 13.2 Å². The number of ether oxygens (including phenoxy) is 2. The van der Waals surface area contributed by atoms with Crippen LogP contribution in [0.25, 0.3) is 0 Å². The third kappa shape index (κ3) is 2.04. The van der Waals surface area contributed by atoms with Crippen molar-refractivity contribution in [2.45, 2.75) is 25.4 Å². The topological polar surface area (TPSA) is 76.0 Å². The summed E-state index contributed by atoms with van der Waals surface area (Å²) in [7, 11) is 0. The maximum Gasteiger partial charge on any atom is 0.312 e. The fraction of sp³-hybridized carbons (Fsp3) is 0.500. The quantitative estimate of drug-likeness (QED) is 0.869. The number of hydrogen-bond donors (Lipinski definition) is 2. The Kier molecular flexibility index (Phi) is 2.86. The van der Waals surface area contributed by atoms with Gasteiger partial charge in [0.15, 0.2) is 11.5 Å². The summed E-state index contributed by atoms with van der Waals surface area (Å²) in [4.78, 5) is 11.2. The molecule has 0 bridgehead atoms. The van der Waals surface area contributed by atoms with E-state index in [4.69, 9.17) is 9.47 Å². The van der Waals surface area contributed by atoms with Gasteiger partial charge >= 0.3 is 5.97 Å². The van der Waals surface area contributed by atoms with Crippen LogP contribution in [-0.2, 0) is 4.79 Å². The van der Waals surface area contributed by atoms with Crippen LogP contribution in [0.2, 0.25) is 0 Å². The SMILES string of the molecule is O=C(O)C1(C(O)c2ccc3c(c2)OCCCO3)CC1. The minimum absolute atomic E-state index is 0.512. The van der Waals surface area contributed by atoms with E-state index in [1.165, 1.54) is 0 Å². The lowest BCUT2D eigenvalue weighted by Gasteiger charge is -2.19. The highest BCUT2D eigenvalue weighted by molar-refractivity contribution is 5.79. The molecule has 3 rings (SSSR count). The van der Waals surface area contributed by atoms with Gasteiger partial charge in [-0.05, 0) is 30.5 Å². The van der Waals surface area contributed by atoms with E-state index in [1.807, 2.05) is 0 Å². The summed E-state index contributed by atoms with van der Waals surface area (Å²) in [5.41, 5.74) is -0.441. The number of aliphatic hydroxyl groups is 1. The first kappa shape index (κ1) is 12.3. The zero-order chi connectivity index (χ0) is 13.5. The molecule has 2 aliphatic rings. The number of carboxylic acid groups (broad SMARTS) is 1. The summed E-state index contributed by atoms with van der Waals surface area (Å²) >= 11 is 0. The fourth-order valence-electron chi connectivity index (χ4n) is 2.41. The van der Waals surface area contributed by atoms with Crippen molar-refractivity contribution in [1.82, 2.24) is 0 Å². The molecule has 0 saturated heterocycles. The lowest BCUT2D eigenvalue weighted by molar-refractivity contribution is -0.148. The summed E-state index contributed by atoms with van der Waals surface area (Å²) in [5, 5.41) is 19.5. The summed E-state index contributed by atoms with van der Waals surface area (Å²) in [5.74, 6) is 0.288. The Balaban J connectivity index is 1.90. The van der Waals surface area contributed by atoms with E-state index < -0.39 is 17.5 Å². The maximum absolute atomic E-state index is 11.2. The van der Waals surface area contributed by atoms with Crippen LogP contribution in [0.4, 0.5) is 0 Å². The monoisotopic (exact) mass is 264 g/mol. The summed E-state index contributed by atoms with van der Waals surface area (Å²) in [6, 6.07) is 5.13. The van der Waals surface area contributed by atoms with Crippen LogP contribution in [0.3, 0.4) is 0 Å². The predicted molar refractivity (Wildman–Crippen MR) is 66.3 cm³/mol. The molecule has 1 aromatic carbocycles. The van der Waals surface area contributed by atoms with Crippen LogP contribution >= 0.6 is 0 Å². The van der Waals surface area contributed by atoms with Crippen LogP contribution in [0.15, 0.2) is 18.2 Å². The molecule has 5 nitrogen and oxygen atoms in total. The zero-order valence-corrected chi connectivity index (χ0v) is 10.5. The molecule has 1 saturated carbocycles. The smallest absolute Gasteiger partial charge is 0.312 e. The van der Waals surface area contributed by atoms with E-state index in [0.717, 1.165) is 6.42 Å². The highest BCUT2D eigenvalue weighted by Crippen LogP contribution is 2.55. The van der Waals surface area contributed by atoms with Crippen molar-refractivity contribution in [3.8, 4) is 11.5 Å². The number of carbonyl (C=O) groups is 1. The molecule has 1 aliphatic carbocycles. The first-order valence-corrected chi connectivity index (χ1v) is 6.44. The summed E-state index contributed by atoms with van der Waals surface area (Å²) in [6.07, 6.45) is 0.837. The van der Waals surface area contributed by atoms with Crippen LogP contribution in [0.5, 0.6) is 11.5 Å². The summed E-state index contributed by atoms with van der Waals surface area (Å²) in [6.45, 7) is 1.17. The highest BCUT2D eigenvalue weighted by Gasteiger charge is 2.56. The highest BCUT2D eigenvalue weighted by atomic mass is 16.5. The Morgan fingerprint density at radius 2 is 1.89 bits per heavy atom. The van der Waals surface area contributed by atoms with E-state index in [0.29, 0.717) is 43.1 Å². The van der Waals surface area contributed by atoms with Gasteiger partial charge in [-0.2, -0.15) is 0 Å². The maximum atomic E-state index is 11.2. The van der Waals surface area contributed by atoms with Gasteiger partial charge in [0.2, 0.25) is 0 Å². The second kappa shape index (κ2) is 4.42. The Hall–Kier alpha value is -1.75. The van der Waals surface area contributed by atoms with Crippen molar-refractivity contribution in [3.05, 3.63) is 23.8 Å². The molecule has 1 heterocycles. The molecule has 0 amide bonds. The van der Waals surface area contributed by atoms with E-state index in [2.05, 4.69) is 0 Å². The number of aliphatic hydroxyl groups excluding tert-OH is 1. The predicted octanol–water partition coefficient (Wildman–Crippen LogP) is 1.75. The Morgan fingerprint density at radius 3 is 2.53 bits per heavy atom. The Morgan fingerprint density at radius 1 is 1.21 bits per heavy atom. The molecule has 19 heavy (non-hydrogen) atoms. The van der Waals surface area contributed by atoms with Gasteiger partial charge in [0.1, 0.15) is 0 Å². The van der Waals surface area contributed by atoms with Crippen molar-refractivity contribution < 1.29 is 24.5 Å². The molecule has 0 radical (unpaired) electrons. The molecule has 1 aliphatic heterocycles. The number of hydrogen-bond acceptors (Lipinski definition) is 4. The van der Waals surface area contributed by atoms with E-state index in [9.17, 15) is 15.0 Å². The van der Waals surface area contributed by atoms with Crippen molar-refractivity contribution in [1.29, 1.82) is 0 Å². The minimum atomic E-state index is -1.01. The molecule has 1 atom stereocenters. The van der Waals surface area contributed by atoms with Crippen molar-refractivity contribution in [2.24, 2.45) is 5.41 Å². The van der Waals surface area contributed by atoms with Gasteiger partial charge < -0.3 is 19.7 Å². The zero-order valence-electron chi connectivity index (χ0n) is 10.5. The lowest BCUT2D eigenvalue weighted by Crippen LogP contribution is -2.23. The number of rotatable bonds is 3. The molecule has 1 fully saturated rings. The van der Waals surface area contributed by atoms with E-state index in [-0.39, 0.29) is 0 Å². The van der Waals surface area contributed by atoms with Crippen molar-refractivity contribution >= 4 is 5.97 Å². The van der Waals surface area contributed by atoms with E-state index >= 15 is 0 Å². The average molecular weight is 264 g/mol. The molecule has 0 spiro atoms. The molecule has 0 aromatic heterocycles. The van der Waals surface area contributed by atoms with Gasteiger partial charge in [0.05, 0.1) is 24.7 Å². The molecule has 2 N–H and O–H groups in total. The molecule has 1 aromatic rings. The van der Waals surface area contributed by atoms with Gasteiger partial charge in [-0.25, -0.2) is 0 Å². The first-order chi connectivity index (χ1) is 9.13. The lowest BCUT2D eigenvalue weighted by atomic mass is 9.92. The molecule has 102 valence electrons. The van der Waals surface area contributed by atoms with Gasteiger partial charge in [-0.3, -0.25) is 4.79 Å². The van der Waals surface area contributed by atoms with Gasteiger partial charge in [0.25, 0.3) is 0 Å². The van der Waals surface area contributed by atoms with Gasteiger partial charge in [0, 0.05) is 6.42 Å². The Bertz CT molecular complexity index is 507.